The fourth-order valence-corrected chi connectivity index (χ4v) is 2.82. The van der Waals surface area contributed by atoms with Crippen molar-refractivity contribution in [2.75, 3.05) is 30.4 Å². The van der Waals surface area contributed by atoms with Crippen LogP contribution in [0.4, 0.5) is 11.4 Å². The van der Waals surface area contributed by atoms with Gasteiger partial charge in [0, 0.05) is 17.4 Å². The van der Waals surface area contributed by atoms with Gasteiger partial charge in [0.25, 0.3) is 0 Å². The maximum absolute atomic E-state index is 12.3. The molecular formula is C25H34N2O3. The van der Waals surface area contributed by atoms with E-state index in [4.69, 9.17) is 9.47 Å². The van der Waals surface area contributed by atoms with Crippen LogP contribution in [0.25, 0.3) is 0 Å². The second kappa shape index (κ2) is 13.3. The van der Waals surface area contributed by atoms with Crippen molar-refractivity contribution in [3.05, 3.63) is 60.7 Å². The molecule has 0 fully saturated rings. The maximum Gasteiger partial charge on any atom is 0.243 e. The Hall–Kier alpha value is -2.95. The van der Waals surface area contributed by atoms with Crippen LogP contribution in [0.3, 0.4) is 0 Å². The van der Waals surface area contributed by atoms with Gasteiger partial charge in [-0.2, -0.15) is 0 Å². The van der Waals surface area contributed by atoms with Crippen LogP contribution in [0, 0.1) is 0 Å². The van der Waals surface area contributed by atoms with Crippen molar-refractivity contribution in [3.8, 4) is 11.5 Å². The van der Waals surface area contributed by atoms with Gasteiger partial charge in [0.05, 0.1) is 13.2 Å². The molecule has 0 aliphatic carbocycles. The lowest BCUT2D eigenvalue weighted by Gasteiger charge is -2.11. The molecule has 0 aliphatic rings. The van der Waals surface area contributed by atoms with E-state index in [0.717, 1.165) is 34.9 Å². The molecule has 0 saturated carbocycles. The number of anilines is 2. The van der Waals surface area contributed by atoms with E-state index in [-0.39, 0.29) is 12.5 Å². The first kappa shape index (κ1) is 23.3. The highest BCUT2D eigenvalue weighted by molar-refractivity contribution is 5.93. The second-order valence-electron chi connectivity index (χ2n) is 7.46. The normalized spacial score (nSPS) is 10.3. The summed E-state index contributed by atoms with van der Waals surface area (Å²) in [6.07, 6.45) is 6.02. The highest BCUT2D eigenvalue weighted by atomic mass is 16.5. The molecule has 2 aromatic rings. The van der Waals surface area contributed by atoms with Crippen LogP contribution in [0.15, 0.2) is 60.7 Å². The minimum atomic E-state index is -0.116. The van der Waals surface area contributed by atoms with Gasteiger partial charge in [-0.1, -0.05) is 45.3 Å². The lowest BCUT2D eigenvalue weighted by atomic mass is 10.2. The van der Waals surface area contributed by atoms with Gasteiger partial charge in [0.2, 0.25) is 5.91 Å². The summed E-state index contributed by atoms with van der Waals surface area (Å²) in [4.78, 5) is 12.3. The number of hydrogen-bond acceptors (Lipinski definition) is 4. The van der Waals surface area contributed by atoms with Crippen LogP contribution in [-0.2, 0) is 4.79 Å². The van der Waals surface area contributed by atoms with E-state index in [2.05, 4.69) is 24.1 Å². The third kappa shape index (κ3) is 9.50. The van der Waals surface area contributed by atoms with E-state index in [1.807, 2.05) is 55.5 Å². The lowest BCUT2D eigenvalue weighted by Crippen LogP contribution is -2.21. The number of amides is 1. The summed E-state index contributed by atoms with van der Waals surface area (Å²) in [6.45, 7) is 9.32. The van der Waals surface area contributed by atoms with Crippen LogP contribution >= 0.6 is 0 Å². The molecule has 0 heterocycles. The number of ether oxygens (including phenoxy) is 2. The molecule has 0 aliphatic heterocycles. The summed E-state index contributed by atoms with van der Waals surface area (Å²) in [5, 5.41) is 6.01. The van der Waals surface area contributed by atoms with Crippen molar-refractivity contribution >= 4 is 17.3 Å². The quantitative estimate of drug-likeness (QED) is 0.294. The average molecular weight is 411 g/mol. The predicted molar refractivity (Wildman–Crippen MR) is 125 cm³/mol. The van der Waals surface area contributed by atoms with Crippen LogP contribution in [-0.4, -0.2) is 25.7 Å². The number of carbonyl (C=O) groups is 1. The van der Waals surface area contributed by atoms with Gasteiger partial charge in [-0.15, -0.1) is 0 Å². The van der Waals surface area contributed by atoms with Crippen molar-refractivity contribution in [1.82, 2.24) is 0 Å². The molecule has 2 aromatic carbocycles. The molecule has 0 aromatic heterocycles. The van der Waals surface area contributed by atoms with Crippen LogP contribution in [0.2, 0.25) is 0 Å². The Morgan fingerprint density at radius 2 is 1.70 bits per heavy atom. The molecule has 2 rings (SSSR count). The number of rotatable bonds is 14. The SMILES string of the molecule is C=C(C)COc1ccc(NCC(=O)Nc2cccc(OCCCCCCC)c2)cc1. The molecule has 0 atom stereocenters. The summed E-state index contributed by atoms with van der Waals surface area (Å²) in [5.41, 5.74) is 2.55. The van der Waals surface area contributed by atoms with Crippen molar-refractivity contribution in [1.29, 1.82) is 0 Å². The summed E-state index contributed by atoms with van der Waals surface area (Å²) in [6, 6.07) is 15.0. The molecule has 162 valence electrons. The van der Waals surface area contributed by atoms with E-state index in [0.29, 0.717) is 13.2 Å². The maximum atomic E-state index is 12.3. The first-order valence-electron chi connectivity index (χ1n) is 10.7. The van der Waals surface area contributed by atoms with Crippen molar-refractivity contribution < 1.29 is 14.3 Å². The molecule has 0 spiro atoms. The zero-order chi connectivity index (χ0) is 21.6. The Morgan fingerprint density at radius 1 is 0.933 bits per heavy atom. The van der Waals surface area contributed by atoms with E-state index in [1.54, 1.807) is 0 Å². The highest BCUT2D eigenvalue weighted by Crippen LogP contribution is 2.19. The molecular weight excluding hydrogens is 376 g/mol. The van der Waals surface area contributed by atoms with Gasteiger partial charge in [-0.25, -0.2) is 0 Å². The molecule has 5 heteroatoms. The smallest absolute Gasteiger partial charge is 0.243 e. The number of carbonyl (C=O) groups excluding carboxylic acids is 1. The Kier molecular flexibility index (Phi) is 10.3. The topological polar surface area (TPSA) is 59.6 Å². The first-order chi connectivity index (χ1) is 14.6. The van der Waals surface area contributed by atoms with Crippen LogP contribution in [0.1, 0.15) is 46.0 Å². The first-order valence-corrected chi connectivity index (χ1v) is 10.7. The third-order valence-electron chi connectivity index (χ3n) is 4.43. The Labute approximate surface area is 180 Å². The number of nitrogens with one attached hydrogen (secondary N) is 2. The fourth-order valence-electron chi connectivity index (χ4n) is 2.82. The average Bonchev–Trinajstić information content (AvgIpc) is 2.74. The van der Waals surface area contributed by atoms with E-state index < -0.39 is 0 Å². The molecule has 2 N–H and O–H groups in total. The third-order valence-corrected chi connectivity index (χ3v) is 4.43. The number of unbranched alkanes of at least 4 members (excludes halogenated alkanes) is 4. The van der Waals surface area contributed by atoms with Crippen molar-refractivity contribution in [2.24, 2.45) is 0 Å². The van der Waals surface area contributed by atoms with Crippen LogP contribution in [0.5, 0.6) is 11.5 Å². The zero-order valence-electron chi connectivity index (χ0n) is 18.2. The number of hydrogen-bond donors (Lipinski definition) is 2. The van der Waals surface area contributed by atoms with Gasteiger partial charge in [-0.05, 0) is 55.3 Å². The fraction of sp³-hybridized carbons (Fsp3) is 0.400. The summed E-state index contributed by atoms with van der Waals surface area (Å²) in [7, 11) is 0. The number of benzene rings is 2. The van der Waals surface area contributed by atoms with E-state index in [9.17, 15) is 4.79 Å². The molecule has 5 nitrogen and oxygen atoms in total. The summed E-state index contributed by atoms with van der Waals surface area (Å²) >= 11 is 0. The molecule has 1 amide bonds. The second-order valence-corrected chi connectivity index (χ2v) is 7.46. The lowest BCUT2D eigenvalue weighted by molar-refractivity contribution is -0.114. The van der Waals surface area contributed by atoms with Gasteiger partial charge in [-0.3, -0.25) is 4.79 Å². The minimum absolute atomic E-state index is 0.116. The highest BCUT2D eigenvalue weighted by Gasteiger charge is 2.04. The zero-order valence-corrected chi connectivity index (χ0v) is 18.2. The van der Waals surface area contributed by atoms with Crippen LogP contribution < -0.4 is 20.1 Å². The molecule has 30 heavy (non-hydrogen) atoms. The van der Waals surface area contributed by atoms with Gasteiger partial charge >= 0.3 is 0 Å². The Morgan fingerprint density at radius 3 is 2.43 bits per heavy atom. The largest absolute Gasteiger partial charge is 0.494 e. The monoisotopic (exact) mass is 410 g/mol. The van der Waals surface area contributed by atoms with Gasteiger partial charge < -0.3 is 20.1 Å². The summed E-state index contributed by atoms with van der Waals surface area (Å²) < 4.78 is 11.4. The van der Waals surface area contributed by atoms with Gasteiger partial charge in [0.15, 0.2) is 0 Å². The van der Waals surface area contributed by atoms with Crippen molar-refractivity contribution in [2.45, 2.75) is 46.0 Å². The molecule has 0 unspecified atom stereocenters. The minimum Gasteiger partial charge on any atom is -0.494 e. The molecule has 0 bridgehead atoms. The molecule has 0 saturated heterocycles. The predicted octanol–water partition coefficient (Wildman–Crippen LogP) is 6.04. The summed E-state index contributed by atoms with van der Waals surface area (Å²) in [5.74, 6) is 1.44. The van der Waals surface area contributed by atoms with E-state index in [1.165, 1.54) is 25.7 Å². The standard InChI is InChI=1S/C25H34N2O3/c1-4-5-6-7-8-16-29-24-11-9-10-22(17-24)27-25(28)18-26-21-12-14-23(15-13-21)30-19-20(2)3/h9-15,17,26H,2,4-8,16,18-19H2,1,3H3,(H,27,28). The Bertz CT molecular complexity index is 787. The van der Waals surface area contributed by atoms with Gasteiger partial charge in [0.1, 0.15) is 18.1 Å². The Balaban J connectivity index is 1.72. The molecule has 0 radical (unpaired) electrons. The van der Waals surface area contributed by atoms with E-state index >= 15 is 0 Å². The van der Waals surface area contributed by atoms with Crippen molar-refractivity contribution in [3.63, 3.8) is 0 Å².